The van der Waals surface area contributed by atoms with Crippen LogP contribution in [0.15, 0.2) is 0 Å². The summed E-state index contributed by atoms with van der Waals surface area (Å²) in [5.41, 5.74) is 1.01. The molecule has 38 heavy (non-hydrogen) atoms. The van der Waals surface area contributed by atoms with E-state index < -0.39 is 6.16 Å². The number of unbranched alkanes of at least 4 members (excludes halogenated alkanes) is 4. The molecular weight excluding hydrogens is 468 g/mol. The molecule has 0 bridgehead atoms. The highest BCUT2D eigenvalue weighted by molar-refractivity contribution is 5.60. The van der Waals surface area contributed by atoms with E-state index >= 15 is 0 Å². The lowest BCUT2D eigenvalue weighted by molar-refractivity contribution is -0.132. The molecule has 4 saturated carbocycles. The molecule has 0 aromatic heterocycles. The predicted octanol–water partition coefficient (Wildman–Crippen LogP) is 10.6. The highest BCUT2D eigenvalue weighted by atomic mass is 16.7. The lowest BCUT2D eigenvalue weighted by atomic mass is 9.44. The van der Waals surface area contributed by atoms with Crippen LogP contribution in [0.25, 0.3) is 0 Å². The summed E-state index contributed by atoms with van der Waals surface area (Å²) in [7, 11) is 0. The predicted molar refractivity (Wildman–Crippen MR) is 158 cm³/mol. The molecule has 9 atom stereocenters. The van der Waals surface area contributed by atoms with Crippen molar-refractivity contribution in [2.45, 2.75) is 157 Å². The molecule has 0 N–H and O–H groups in total. The maximum atomic E-state index is 12.4. The number of carbonyl (C=O) groups excluding carboxylic acids is 1. The standard InChI is InChI=1S/C35H62O3/c1-7-8-9-10-11-23-37-33(36)38-28-19-21-34(5)27(24-28)15-16-29-31-18-17-30(26(4)14-12-13-25(2)3)35(31,6)22-20-32(29)34/h25-32H,7-24H2,1-6H3/t26-,27+,28+,29-,30+,31-,32-,34-,35+/m0/s1. The number of hydrogen-bond donors (Lipinski definition) is 0. The average molecular weight is 531 g/mol. The van der Waals surface area contributed by atoms with Gasteiger partial charge in [-0.15, -0.1) is 0 Å². The SMILES string of the molecule is CCCCCCCOC(=O)O[C@@H]1CC[C@@]2(C)[C@H](CC[C@@H]3[C@@H]2CC[C@]2(C)[C@@H]([C@@H](C)CCCC(C)C)CC[C@@H]32)C1. The maximum absolute atomic E-state index is 12.4. The van der Waals surface area contributed by atoms with Crippen LogP contribution in [-0.4, -0.2) is 18.9 Å². The Morgan fingerprint density at radius 3 is 2.32 bits per heavy atom. The molecule has 0 spiro atoms. The van der Waals surface area contributed by atoms with Crippen LogP contribution >= 0.6 is 0 Å². The van der Waals surface area contributed by atoms with E-state index in [9.17, 15) is 4.79 Å². The summed E-state index contributed by atoms with van der Waals surface area (Å²) in [5.74, 6) is 6.12. The first kappa shape index (κ1) is 30.2. The average Bonchev–Trinajstić information content (AvgIpc) is 3.23. The van der Waals surface area contributed by atoms with Crippen LogP contribution in [0.1, 0.15) is 151 Å². The molecule has 220 valence electrons. The lowest BCUT2D eigenvalue weighted by Crippen LogP contribution is -2.54. The first-order valence-corrected chi connectivity index (χ1v) is 17.0. The zero-order valence-electron chi connectivity index (χ0n) is 26.1. The van der Waals surface area contributed by atoms with Gasteiger partial charge in [0.15, 0.2) is 0 Å². The molecule has 0 amide bonds. The third-order valence-electron chi connectivity index (χ3n) is 12.5. The van der Waals surface area contributed by atoms with Gasteiger partial charge in [0.2, 0.25) is 0 Å². The van der Waals surface area contributed by atoms with Gasteiger partial charge in [-0.05, 0) is 116 Å². The lowest BCUT2D eigenvalue weighted by Gasteiger charge is -2.61. The Balaban J connectivity index is 1.28. The summed E-state index contributed by atoms with van der Waals surface area (Å²) >= 11 is 0. The van der Waals surface area contributed by atoms with E-state index in [1.807, 2.05) is 0 Å². The molecule has 0 radical (unpaired) electrons. The second-order valence-electron chi connectivity index (χ2n) is 15.2. The largest absolute Gasteiger partial charge is 0.508 e. The second-order valence-corrected chi connectivity index (χ2v) is 15.2. The van der Waals surface area contributed by atoms with E-state index in [0.717, 1.165) is 61.2 Å². The normalized spacial score (nSPS) is 39.2. The fraction of sp³-hybridized carbons (Fsp3) is 0.971. The maximum Gasteiger partial charge on any atom is 0.508 e. The van der Waals surface area contributed by atoms with E-state index in [-0.39, 0.29) is 6.10 Å². The van der Waals surface area contributed by atoms with Crippen molar-refractivity contribution in [3.05, 3.63) is 0 Å². The fourth-order valence-electron chi connectivity index (χ4n) is 10.4. The van der Waals surface area contributed by atoms with Crippen molar-refractivity contribution in [1.82, 2.24) is 0 Å². The molecule has 0 aliphatic heterocycles. The third-order valence-corrected chi connectivity index (χ3v) is 12.5. The molecule has 4 rings (SSSR count). The Labute approximate surface area is 236 Å². The summed E-state index contributed by atoms with van der Waals surface area (Å²) < 4.78 is 11.3. The van der Waals surface area contributed by atoms with Crippen LogP contribution in [0, 0.1) is 52.3 Å². The summed E-state index contributed by atoms with van der Waals surface area (Å²) in [6.07, 6.45) is 21.6. The summed E-state index contributed by atoms with van der Waals surface area (Å²) in [6, 6.07) is 0. The van der Waals surface area contributed by atoms with Gasteiger partial charge in [-0.25, -0.2) is 4.79 Å². The second kappa shape index (κ2) is 13.3. The minimum atomic E-state index is -0.421. The quantitative estimate of drug-likeness (QED) is 0.186. The summed E-state index contributed by atoms with van der Waals surface area (Å²) in [6.45, 7) is 15.4. The minimum Gasteiger partial charge on any atom is -0.434 e. The van der Waals surface area contributed by atoms with Gasteiger partial charge in [-0.1, -0.05) is 86.5 Å². The third kappa shape index (κ3) is 6.59. The van der Waals surface area contributed by atoms with E-state index in [1.165, 1.54) is 83.5 Å². The van der Waals surface area contributed by atoms with Gasteiger partial charge in [0.1, 0.15) is 6.10 Å². The number of hydrogen-bond acceptors (Lipinski definition) is 3. The van der Waals surface area contributed by atoms with Crippen LogP contribution in [0.2, 0.25) is 0 Å². The van der Waals surface area contributed by atoms with Crippen LogP contribution in [0.5, 0.6) is 0 Å². The van der Waals surface area contributed by atoms with Gasteiger partial charge < -0.3 is 9.47 Å². The molecule has 0 aromatic carbocycles. The zero-order valence-corrected chi connectivity index (χ0v) is 26.1. The van der Waals surface area contributed by atoms with E-state index in [0.29, 0.717) is 23.4 Å². The van der Waals surface area contributed by atoms with E-state index in [2.05, 4.69) is 41.5 Å². The molecule has 0 saturated heterocycles. The Morgan fingerprint density at radius 1 is 0.816 bits per heavy atom. The number of fused-ring (bicyclic) bond motifs is 5. The fourth-order valence-corrected chi connectivity index (χ4v) is 10.4. The molecule has 4 aliphatic rings. The molecule has 3 heteroatoms. The molecule has 0 aromatic rings. The number of rotatable bonds is 12. The minimum absolute atomic E-state index is 0.0635. The van der Waals surface area contributed by atoms with Gasteiger partial charge in [-0.3, -0.25) is 0 Å². The van der Waals surface area contributed by atoms with Gasteiger partial charge >= 0.3 is 6.16 Å². The Bertz CT molecular complexity index is 747. The molecular formula is C35H62O3. The van der Waals surface area contributed by atoms with Crippen molar-refractivity contribution in [2.75, 3.05) is 6.61 Å². The van der Waals surface area contributed by atoms with Crippen molar-refractivity contribution in [3.63, 3.8) is 0 Å². The van der Waals surface area contributed by atoms with Crippen molar-refractivity contribution < 1.29 is 14.3 Å². The number of carbonyl (C=O) groups is 1. The van der Waals surface area contributed by atoms with Crippen molar-refractivity contribution in [2.24, 2.45) is 52.3 Å². The zero-order chi connectivity index (χ0) is 27.3. The van der Waals surface area contributed by atoms with Gasteiger partial charge in [0.05, 0.1) is 6.61 Å². The molecule has 3 nitrogen and oxygen atoms in total. The number of ether oxygens (including phenoxy) is 2. The first-order valence-electron chi connectivity index (χ1n) is 17.0. The van der Waals surface area contributed by atoms with E-state index in [4.69, 9.17) is 9.47 Å². The van der Waals surface area contributed by atoms with Gasteiger partial charge in [0, 0.05) is 0 Å². The molecule has 0 heterocycles. The highest BCUT2D eigenvalue weighted by Crippen LogP contribution is 2.68. The highest BCUT2D eigenvalue weighted by Gasteiger charge is 2.60. The monoisotopic (exact) mass is 530 g/mol. The van der Waals surface area contributed by atoms with Gasteiger partial charge in [-0.2, -0.15) is 0 Å². The smallest absolute Gasteiger partial charge is 0.434 e. The first-order chi connectivity index (χ1) is 18.2. The van der Waals surface area contributed by atoms with Crippen LogP contribution in [-0.2, 0) is 9.47 Å². The molecule has 4 aliphatic carbocycles. The Hall–Kier alpha value is -0.730. The van der Waals surface area contributed by atoms with Crippen molar-refractivity contribution in [1.29, 1.82) is 0 Å². The Kier molecular flexibility index (Phi) is 10.6. The van der Waals surface area contributed by atoms with E-state index in [1.54, 1.807) is 0 Å². The molecule has 0 unspecified atom stereocenters. The summed E-state index contributed by atoms with van der Waals surface area (Å²) in [4.78, 5) is 12.4. The van der Waals surface area contributed by atoms with Gasteiger partial charge in [0.25, 0.3) is 0 Å². The van der Waals surface area contributed by atoms with Crippen LogP contribution < -0.4 is 0 Å². The summed E-state index contributed by atoms with van der Waals surface area (Å²) in [5, 5.41) is 0. The topological polar surface area (TPSA) is 35.5 Å². The molecule has 4 fully saturated rings. The van der Waals surface area contributed by atoms with Crippen LogP contribution in [0.3, 0.4) is 0 Å². The Morgan fingerprint density at radius 2 is 1.55 bits per heavy atom. The van der Waals surface area contributed by atoms with Crippen molar-refractivity contribution in [3.8, 4) is 0 Å². The van der Waals surface area contributed by atoms with Crippen LogP contribution in [0.4, 0.5) is 4.79 Å². The van der Waals surface area contributed by atoms with Crippen molar-refractivity contribution >= 4 is 6.16 Å².